The minimum absolute atomic E-state index is 0.0878. The third-order valence-corrected chi connectivity index (χ3v) is 4.30. The number of aliphatic hydroxyl groups is 2. The van der Waals surface area contributed by atoms with Crippen molar-refractivity contribution in [1.29, 1.82) is 0 Å². The normalized spacial score (nSPS) is 51.5. The second-order valence-corrected chi connectivity index (χ2v) is 5.20. The maximum Gasteiger partial charge on any atom is 0.0725 e. The Morgan fingerprint density at radius 2 is 1.85 bits per heavy atom. The van der Waals surface area contributed by atoms with Gasteiger partial charge in [-0.3, -0.25) is 0 Å². The molecule has 2 saturated carbocycles. The van der Waals surface area contributed by atoms with Crippen LogP contribution in [0, 0.1) is 5.41 Å². The van der Waals surface area contributed by atoms with Gasteiger partial charge in [0.05, 0.1) is 11.7 Å². The molecule has 13 heavy (non-hydrogen) atoms. The Kier molecular flexibility index (Phi) is 2.16. The van der Waals surface area contributed by atoms with E-state index in [1.165, 1.54) is 6.42 Å². The fraction of sp³-hybridized carbons (Fsp3) is 1.00. The monoisotopic (exact) mass is 184 g/mol. The van der Waals surface area contributed by atoms with Gasteiger partial charge in [-0.2, -0.15) is 0 Å². The van der Waals surface area contributed by atoms with E-state index in [4.69, 9.17) is 0 Å². The molecule has 0 unspecified atom stereocenters. The molecule has 2 rings (SSSR count). The Morgan fingerprint density at radius 1 is 1.15 bits per heavy atom. The van der Waals surface area contributed by atoms with Crippen molar-refractivity contribution in [3.05, 3.63) is 0 Å². The second-order valence-electron chi connectivity index (χ2n) is 5.20. The lowest BCUT2D eigenvalue weighted by atomic mass is 9.57. The van der Waals surface area contributed by atoms with E-state index in [9.17, 15) is 10.2 Å². The van der Waals surface area contributed by atoms with Crippen molar-refractivity contribution in [3.8, 4) is 0 Å². The van der Waals surface area contributed by atoms with Crippen molar-refractivity contribution in [2.24, 2.45) is 5.41 Å². The van der Waals surface area contributed by atoms with Crippen molar-refractivity contribution in [1.82, 2.24) is 0 Å². The van der Waals surface area contributed by atoms with E-state index in [-0.39, 0.29) is 11.5 Å². The lowest BCUT2D eigenvalue weighted by molar-refractivity contribution is -0.158. The summed E-state index contributed by atoms with van der Waals surface area (Å²) in [6.07, 6.45) is 6.59. The van der Waals surface area contributed by atoms with Crippen molar-refractivity contribution in [2.75, 3.05) is 0 Å². The predicted octanol–water partition coefficient (Wildman–Crippen LogP) is 1.84. The summed E-state index contributed by atoms with van der Waals surface area (Å²) in [5.74, 6) is 0. The molecule has 2 N–H and O–H groups in total. The highest BCUT2D eigenvalue weighted by atomic mass is 16.3. The molecular weight excluding hydrogens is 164 g/mol. The quantitative estimate of drug-likeness (QED) is 0.603. The van der Waals surface area contributed by atoms with Crippen LogP contribution < -0.4 is 0 Å². The first-order valence-electron chi connectivity index (χ1n) is 5.46. The Hall–Kier alpha value is -0.0800. The van der Waals surface area contributed by atoms with Crippen LogP contribution in [0.25, 0.3) is 0 Å². The Labute approximate surface area is 80.0 Å². The molecule has 2 aliphatic rings. The van der Waals surface area contributed by atoms with E-state index in [2.05, 4.69) is 6.92 Å². The van der Waals surface area contributed by atoms with Gasteiger partial charge in [-0.05, 0) is 31.1 Å². The number of hydrogen-bond donors (Lipinski definition) is 2. The number of fused-ring (bicyclic) bond motifs is 1. The van der Waals surface area contributed by atoms with Gasteiger partial charge in [-0.25, -0.2) is 0 Å². The van der Waals surface area contributed by atoms with Gasteiger partial charge in [0.2, 0.25) is 0 Å². The molecule has 0 saturated heterocycles. The lowest BCUT2D eigenvalue weighted by Gasteiger charge is -2.53. The van der Waals surface area contributed by atoms with Crippen LogP contribution in [0.4, 0.5) is 0 Å². The van der Waals surface area contributed by atoms with Crippen LogP contribution in [-0.2, 0) is 0 Å². The van der Waals surface area contributed by atoms with Gasteiger partial charge in [0.25, 0.3) is 0 Å². The average Bonchev–Trinajstić information content (AvgIpc) is 2.07. The van der Waals surface area contributed by atoms with Crippen LogP contribution in [0.15, 0.2) is 0 Å². The molecule has 0 aliphatic heterocycles. The van der Waals surface area contributed by atoms with Gasteiger partial charge in [0.15, 0.2) is 0 Å². The molecule has 2 heteroatoms. The minimum Gasteiger partial charge on any atom is -0.393 e. The van der Waals surface area contributed by atoms with Crippen LogP contribution in [0.1, 0.15) is 51.9 Å². The van der Waals surface area contributed by atoms with Crippen molar-refractivity contribution < 1.29 is 10.2 Å². The predicted molar refractivity (Wildman–Crippen MR) is 51.4 cm³/mol. The molecule has 2 fully saturated rings. The van der Waals surface area contributed by atoms with Crippen molar-refractivity contribution >= 4 is 0 Å². The highest BCUT2D eigenvalue weighted by Crippen LogP contribution is 2.52. The molecule has 0 aromatic rings. The summed E-state index contributed by atoms with van der Waals surface area (Å²) in [5.41, 5.74) is -0.479. The number of rotatable bonds is 0. The minimum atomic E-state index is -0.567. The van der Waals surface area contributed by atoms with Gasteiger partial charge in [0.1, 0.15) is 0 Å². The molecule has 0 heterocycles. The number of hydrogen-bond acceptors (Lipinski definition) is 2. The molecule has 0 amide bonds. The highest BCUT2D eigenvalue weighted by molar-refractivity contribution is 5.03. The van der Waals surface area contributed by atoms with Crippen LogP contribution in [0.2, 0.25) is 0 Å². The zero-order valence-electron chi connectivity index (χ0n) is 8.42. The summed E-state index contributed by atoms with van der Waals surface area (Å²) >= 11 is 0. The summed E-state index contributed by atoms with van der Waals surface area (Å²) < 4.78 is 0. The average molecular weight is 184 g/mol. The summed E-state index contributed by atoms with van der Waals surface area (Å²) in [6.45, 7) is 2.19. The SMILES string of the molecule is C[C@@]12CCCC[C@]1(O)C[C@@H](O)CC2. The smallest absolute Gasteiger partial charge is 0.0725 e. The number of aliphatic hydroxyl groups excluding tert-OH is 1. The molecule has 76 valence electrons. The van der Waals surface area contributed by atoms with Gasteiger partial charge in [-0.15, -0.1) is 0 Å². The van der Waals surface area contributed by atoms with Crippen LogP contribution >= 0.6 is 0 Å². The van der Waals surface area contributed by atoms with E-state index in [0.29, 0.717) is 6.42 Å². The van der Waals surface area contributed by atoms with Gasteiger partial charge in [0, 0.05) is 6.42 Å². The van der Waals surface area contributed by atoms with E-state index in [1.54, 1.807) is 0 Å². The van der Waals surface area contributed by atoms with Crippen molar-refractivity contribution in [3.63, 3.8) is 0 Å². The molecule has 0 aromatic carbocycles. The zero-order chi connectivity index (χ0) is 9.53. The fourth-order valence-corrected chi connectivity index (χ4v) is 3.15. The first kappa shape index (κ1) is 9.47. The van der Waals surface area contributed by atoms with Gasteiger partial charge < -0.3 is 10.2 Å². The Bertz CT molecular complexity index is 204. The first-order valence-corrected chi connectivity index (χ1v) is 5.46. The van der Waals surface area contributed by atoms with E-state index >= 15 is 0 Å². The molecule has 2 aliphatic carbocycles. The topological polar surface area (TPSA) is 40.5 Å². The van der Waals surface area contributed by atoms with Crippen LogP contribution in [0.3, 0.4) is 0 Å². The van der Waals surface area contributed by atoms with Crippen LogP contribution in [-0.4, -0.2) is 21.9 Å². The largest absolute Gasteiger partial charge is 0.393 e. The maximum atomic E-state index is 10.5. The zero-order valence-corrected chi connectivity index (χ0v) is 8.42. The molecule has 2 nitrogen and oxygen atoms in total. The first-order chi connectivity index (χ1) is 6.06. The van der Waals surface area contributed by atoms with E-state index in [1.807, 2.05) is 0 Å². The molecular formula is C11H20O2. The lowest BCUT2D eigenvalue weighted by Crippen LogP contribution is -2.54. The second kappa shape index (κ2) is 2.96. The highest BCUT2D eigenvalue weighted by Gasteiger charge is 2.51. The van der Waals surface area contributed by atoms with Gasteiger partial charge >= 0.3 is 0 Å². The molecule has 3 atom stereocenters. The Morgan fingerprint density at radius 3 is 2.62 bits per heavy atom. The molecule has 0 spiro atoms. The maximum absolute atomic E-state index is 10.5. The summed E-state index contributed by atoms with van der Waals surface area (Å²) in [6, 6.07) is 0. The summed E-state index contributed by atoms with van der Waals surface area (Å²) in [5, 5.41) is 20.0. The standard InChI is InChI=1S/C11H20O2/c1-10-5-2-3-6-11(10,13)8-9(12)4-7-10/h9,12-13H,2-8H2,1H3/t9-,10-,11-/m0/s1. The van der Waals surface area contributed by atoms with E-state index < -0.39 is 5.60 Å². The van der Waals surface area contributed by atoms with E-state index in [0.717, 1.165) is 32.1 Å². The van der Waals surface area contributed by atoms with Crippen molar-refractivity contribution in [2.45, 2.75) is 63.6 Å². The molecule has 0 radical (unpaired) electrons. The third kappa shape index (κ3) is 1.40. The van der Waals surface area contributed by atoms with Crippen LogP contribution in [0.5, 0.6) is 0 Å². The summed E-state index contributed by atoms with van der Waals surface area (Å²) in [4.78, 5) is 0. The Balaban J connectivity index is 2.20. The molecule has 0 aromatic heterocycles. The van der Waals surface area contributed by atoms with Gasteiger partial charge in [-0.1, -0.05) is 19.8 Å². The fourth-order valence-electron chi connectivity index (χ4n) is 3.15. The molecule has 0 bridgehead atoms. The summed E-state index contributed by atoms with van der Waals surface area (Å²) in [7, 11) is 0. The third-order valence-electron chi connectivity index (χ3n) is 4.30.